The van der Waals surface area contributed by atoms with E-state index >= 15 is 0 Å². The number of hydrogen-bond acceptors (Lipinski definition) is 7. The molecule has 43 heavy (non-hydrogen) atoms. The van der Waals surface area contributed by atoms with Crippen molar-refractivity contribution in [2.75, 3.05) is 19.8 Å². The minimum absolute atomic E-state index is 0.0667. The Hall–Kier alpha value is -3.97. The highest BCUT2D eigenvalue weighted by molar-refractivity contribution is 6.07. The van der Waals surface area contributed by atoms with Crippen molar-refractivity contribution < 1.29 is 23.7 Å². The molecule has 0 radical (unpaired) electrons. The summed E-state index contributed by atoms with van der Waals surface area (Å²) >= 11 is 0. The molecule has 7 heteroatoms. The molecular weight excluding hydrogens is 540 g/mol. The number of carbonyl (C=O) groups excluding carboxylic acids is 1. The molecule has 1 atom stereocenters. The van der Waals surface area contributed by atoms with Crippen LogP contribution >= 0.6 is 0 Å². The van der Waals surface area contributed by atoms with Gasteiger partial charge in [0.2, 0.25) is 0 Å². The summed E-state index contributed by atoms with van der Waals surface area (Å²) in [6, 6.07) is 12.2. The van der Waals surface area contributed by atoms with Gasteiger partial charge in [0.25, 0.3) is 0 Å². The lowest BCUT2D eigenvalue weighted by Gasteiger charge is -2.31. The zero-order chi connectivity index (χ0) is 31.1. The van der Waals surface area contributed by atoms with Gasteiger partial charge < -0.3 is 18.9 Å². The van der Waals surface area contributed by atoms with E-state index < -0.39 is 17.1 Å². The van der Waals surface area contributed by atoms with E-state index in [2.05, 4.69) is 37.8 Å². The highest BCUT2D eigenvalue weighted by Crippen LogP contribution is 2.45. The van der Waals surface area contributed by atoms with Crippen molar-refractivity contribution in [2.45, 2.75) is 73.5 Å². The summed E-state index contributed by atoms with van der Waals surface area (Å²) in [5, 5.41) is 1.95. The standard InChI is InChI=1S/C36H42N2O5/c1-10-40-22(3)26-13-11-24-27(38-26)19-21(2)30(29(43-36(7,8)9)20-42-34(39)35(4,5)6)32(24)25-12-14-28-31-23(16-18-41-28)15-17-37-33(25)31/h11-15,17,19,29H,3,10,16,18,20H2,1-2,4-9H3/t29-/m1/s1. The first-order valence-corrected chi connectivity index (χ1v) is 14.9. The lowest BCUT2D eigenvalue weighted by molar-refractivity contribution is -0.162. The fraction of sp³-hybridized carbons (Fsp3) is 0.417. The first-order valence-electron chi connectivity index (χ1n) is 14.9. The van der Waals surface area contributed by atoms with Crippen LogP contribution in [0.5, 0.6) is 5.75 Å². The molecule has 2 aromatic heterocycles. The van der Waals surface area contributed by atoms with Gasteiger partial charge >= 0.3 is 5.97 Å². The van der Waals surface area contributed by atoms with E-state index in [0.717, 1.165) is 56.2 Å². The van der Waals surface area contributed by atoms with Crippen molar-refractivity contribution in [1.29, 1.82) is 0 Å². The van der Waals surface area contributed by atoms with Crippen molar-refractivity contribution in [3.05, 3.63) is 71.6 Å². The maximum atomic E-state index is 12.9. The highest BCUT2D eigenvalue weighted by Gasteiger charge is 2.31. The van der Waals surface area contributed by atoms with Crippen LogP contribution in [0, 0.1) is 12.3 Å². The highest BCUT2D eigenvalue weighted by atomic mass is 16.6. The fourth-order valence-corrected chi connectivity index (χ4v) is 5.60. The smallest absolute Gasteiger partial charge is 0.311 e. The Bertz CT molecular complexity index is 1700. The van der Waals surface area contributed by atoms with Gasteiger partial charge in [-0.2, -0.15) is 0 Å². The first-order chi connectivity index (χ1) is 20.3. The number of ether oxygens (including phenoxy) is 4. The van der Waals surface area contributed by atoms with E-state index in [1.807, 2.05) is 66.8 Å². The number of nitrogens with zero attached hydrogens (tertiary/aromatic N) is 2. The van der Waals surface area contributed by atoms with Gasteiger partial charge in [-0.15, -0.1) is 0 Å². The molecule has 0 saturated heterocycles. The second kappa shape index (κ2) is 11.6. The Kier molecular flexibility index (Phi) is 8.23. The van der Waals surface area contributed by atoms with Gasteiger partial charge in [0.15, 0.2) is 0 Å². The van der Waals surface area contributed by atoms with Crippen molar-refractivity contribution in [3.63, 3.8) is 0 Å². The van der Waals surface area contributed by atoms with Gasteiger partial charge in [0.05, 0.1) is 35.3 Å². The summed E-state index contributed by atoms with van der Waals surface area (Å²) in [5.41, 5.74) is 6.17. The number of esters is 1. The summed E-state index contributed by atoms with van der Waals surface area (Å²) in [6.45, 7) is 20.8. The molecule has 0 fully saturated rings. The predicted octanol–water partition coefficient (Wildman–Crippen LogP) is 8.15. The van der Waals surface area contributed by atoms with E-state index in [-0.39, 0.29) is 12.6 Å². The van der Waals surface area contributed by atoms with Gasteiger partial charge in [0, 0.05) is 29.0 Å². The Labute approximate surface area is 254 Å². The summed E-state index contributed by atoms with van der Waals surface area (Å²) < 4.78 is 24.3. The summed E-state index contributed by atoms with van der Waals surface area (Å²) in [7, 11) is 0. The third kappa shape index (κ3) is 6.23. The molecule has 0 N–H and O–H groups in total. The number of benzene rings is 2. The number of aryl methyl sites for hydroxylation is 1. The van der Waals surface area contributed by atoms with Gasteiger partial charge in [-0.3, -0.25) is 9.78 Å². The van der Waals surface area contributed by atoms with Crippen molar-refractivity contribution in [2.24, 2.45) is 5.41 Å². The molecule has 226 valence electrons. The molecule has 3 heterocycles. The molecule has 0 unspecified atom stereocenters. The second-order valence-electron chi connectivity index (χ2n) is 13.1. The fourth-order valence-electron chi connectivity index (χ4n) is 5.60. The van der Waals surface area contributed by atoms with Crippen LogP contribution in [0.4, 0.5) is 0 Å². The molecule has 0 aliphatic carbocycles. The third-order valence-electron chi connectivity index (χ3n) is 7.48. The number of pyridine rings is 2. The Balaban J connectivity index is 1.80. The average Bonchev–Trinajstić information content (AvgIpc) is 2.94. The molecule has 0 spiro atoms. The molecule has 2 aromatic carbocycles. The molecule has 0 bridgehead atoms. The molecule has 7 nitrogen and oxygen atoms in total. The summed E-state index contributed by atoms with van der Waals surface area (Å²) in [6.07, 6.45) is 2.13. The Morgan fingerprint density at radius 1 is 1.07 bits per heavy atom. The van der Waals surface area contributed by atoms with Crippen LogP contribution < -0.4 is 4.74 Å². The van der Waals surface area contributed by atoms with E-state index in [0.29, 0.717) is 24.7 Å². The van der Waals surface area contributed by atoms with E-state index in [9.17, 15) is 4.79 Å². The number of aromatic nitrogens is 2. The lowest BCUT2D eigenvalue weighted by atomic mass is 9.86. The lowest BCUT2D eigenvalue weighted by Crippen LogP contribution is -2.30. The van der Waals surface area contributed by atoms with Gasteiger partial charge in [-0.05, 0) is 114 Å². The quantitative estimate of drug-likeness (QED) is 0.153. The molecule has 1 aliphatic rings. The van der Waals surface area contributed by atoms with E-state index in [4.69, 9.17) is 28.9 Å². The van der Waals surface area contributed by atoms with Crippen LogP contribution in [-0.2, 0) is 25.4 Å². The van der Waals surface area contributed by atoms with Crippen molar-refractivity contribution in [1.82, 2.24) is 9.97 Å². The van der Waals surface area contributed by atoms with Gasteiger partial charge in [-0.1, -0.05) is 6.58 Å². The van der Waals surface area contributed by atoms with Crippen LogP contribution in [0.2, 0.25) is 0 Å². The second-order valence-corrected chi connectivity index (χ2v) is 13.1. The van der Waals surface area contributed by atoms with Crippen LogP contribution in [0.3, 0.4) is 0 Å². The molecule has 4 aromatic rings. The van der Waals surface area contributed by atoms with Crippen molar-refractivity contribution in [3.8, 4) is 16.9 Å². The van der Waals surface area contributed by atoms with E-state index in [1.54, 1.807) is 0 Å². The normalized spacial score (nSPS) is 14.0. The largest absolute Gasteiger partial charge is 0.493 e. The number of rotatable bonds is 8. The maximum Gasteiger partial charge on any atom is 0.311 e. The minimum atomic E-state index is -0.642. The third-order valence-corrected chi connectivity index (χ3v) is 7.48. The monoisotopic (exact) mass is 582 g/mol. The summed E-state index contributed by atoms with van der Waals surface area (Å²) in [5.74, 6) is 1.08. The first kappa shape index (κ1) is 30.5. The zero-order valence-electron chi connectivity index (χ0n) is 26.6. The van der Waals surface area contributed by atoms with Crippen LogP contribution in [-0.4, -0.2) is 41.4 Å². The van der Waals surface area contributed by atoms with Crippen LogP contribution in [0.25, 0.3) is 38.7 Å². The molecular formula is C36H42N2O5. The maximum absolute atomic E-state index is 12.9. The van der Waals surface area contributed by atoms with E-state index in [1.165, 1.54) is 5.56 Å². The Morgan fingerprint density at radius 3 is 2.53 bits per heavy atom. The van der Waals surface area contributed by atoms with Crippen LogP contribution in [0.1, 0.15) is 77.0 Å². The van der Waals surface area contributed by atoms with Crippen LogP contribution in [0.15, 0.2) is 49.2 Å². The minimum Gasteiger partial charge on any atom is -0.493 e. The van der Waals surface area contributed by atoms with Crippen molar-refractivity contribution >= 4 is 33.5 Å². The Morgan fingerprint density at radius 2 is 1.84 bits per heavy atom. The molecule has 5 rings (SSSR count). The average molecular weight is 583 g/mol. The van der Waals surface area contributed by atoms with Gasteiger partial charge in [0.1, 0.15) is 29.9 Å². The molecule has 0 amide bonds. The topological polar surface area (TPSA) is 79.8 Å². The van der Waals surface area contributed by atoms with Gasteiger partial charge in [-0.25, -0.2) is 4.98 Å². The summed E-state index contributed by atoms with van der Waals surface area (Å²) in [4.78, 5) is 22.8. The predicted molar refractivity (Wildman–Crippen MR) is 171 cm³/mol. The molecule has 1 aliphatic heterocycles. The number of fused-ring (bicyclic) bond motifs is 1. The SMILES string of the molecule is C=C(OCC)c1ccc2c(-c3ccc4c5c(ccnc35)CCO4)c([C@@H](COC(=O)C(C)(C)C)OC(C)(C)C)c(C)cc2n1. The molecule has 0 saturated carbocycles. The number of hydrogen-bond donors (Lipinski definition) is 0. The zero-order valence-corrected chi connectivity index (χ0v) is 26.6. The number of carbonyl (C=O) groups is 1.